The zero-order valence-electron chi connectivity index (χ0n) is 12.4. The molecule has 112 valence electrons. The van der Waals surface area contributed by atoms with Gasteiger partial charge in [-0.2, -0.15) is 0 Å². The van der Waals surface area contributed by atoms with Gasteiger partial charge in [0.2, 0.25) is 0 Å². The maximum Gasteiger partial charge on any atom is 0.125 e. The minimum Gasteiger partial charge on any atom is -0.497 e. The molecule has 1 N–H and O–H groups in total. The Morgan fingerprint density at radius 2 is 1.90 bits per heavy atom. The third kappa shape index (κ3) is 2.78. The summed E-state index contributed by atoms with van der Waals surface area (Å²) in [7, 11) is 3.25. The third-order valence-electron chi connectivity index (χ3n) is 4.02. The molecule has 1 aliphatic rings. The molecule has 0 saturated heterocycles. The number of aliphatic hydroxyl groups excluding tert-OH is 1. The Balaban J connectivity index is 1.97. The molecular weight excluding hydrogens is 284 g/mol. The first-order chi connectivity index (χ1) is 10.2. The summed E-state index contributed by atoms with van der Waals surface area (Å²) in [6.45, 7) is 0. The van der Waals surface area contributed by atoms with Crippen molar-refractivity contribution in [1.82, 2.24) is 0 Å². The number of aliphatic hydroxyl groups is 1. The number of ether oxygens (including phenoxy) is 2. The lowest BCUT2D eigenvalue weighted by Gasteiger charge is -2.14. The molecule has 2 aromatic rings. The van der Waals surface area contributed by atoms with Gasteiger partial charge in [-0.05, 0) is 55.5 Å². The molecule has 3 nitrogen and oxygen atoms in total. The van der Waals surface area contributed by atoms with Crippen molar-refractivity contribution in [1.29, 1.82) is 0 Å². The van der Waals surface area contributed by atoms with Crippen molar-refractivity contribution in [3.05, 3.63) is 45.1 Å². The van der Waals surface area contributed by atoms with E-state index in [1.54, 1.807) is 25.6 Å². The molecule has 0 fully saturated rings. The van der Waals surface area contributed by atoms with Crippen LogP contribution in [0.3, 0.4) is 0 Å². The molecule has 0 amide bonds. The molecule has 0 radical (unpaired) electrons. The van der Waals surface area contributed by atoms with Gasteiger partial charge in [0.25, 0.3) is 0 Å². The highest BCUT2D eigenvalue weighted by Crippen LogP contribution is 2.39. The molecule has 0 aliphatic heterocycles. The first-order valence-electron chi connectivity index (χ1n) is 7.24. The number of fused-ring (bicyclic) bond motifs is 1. The second-order valence-corrected chi connectivity index (χ2v) is 6.48. The molecule has 0 bridgehead atoms. The molecule has 1 aliphatic carbocycles. The van der Waals surface area contributed by atoms with Crippen LogP contribution >= 0.6 is 11.3 Å². The SMILES string of the molecule is COc1ccc(OC)c(C(O)c2cc3c(s2)CCCC3)c1. The Labute approximate surface area is 129 Å². The van der Waals surface area contributed by atoms with Crippen LogP contribution in [0.1, 0.15) is 39.8 Å². The molecule has 0 spiro atoms. The van der Waals surface area contributed by atoms with Crippen molar-refractivity contribution >= 4 is 11.3 Å². The Kier molecular flexibility index (Phi) is 4.17. The van der Waals surface area contributed by atoms with Gasteiger partial charge in [0.05, 0.1) is 14.2 Å². The number of aryl methyl sites for hydroxylation is 2. The van der Waals surface area contributed by atoms with Gasteiger partial charge >= 0.3 is 0 Å². The van der Waals surface area contributed by atoms with Crippen molar-refractivity contribution in [2.45, 2.75) is 31.8 Å². The summed E-state index contributed by atoms with van der Waals surface area (Å²) in [6.07, 6.45) is 4.12. The Hall–Kier alpha value is -1.52. The van der Waals surface area contributed by atoms with Crippen molar-refractivity contribution in [3.63, 3.8) is 0 Å². The van der Waals surface area contributed by atoms with Crippen LogP contribution in [0.25, 0.3) is 0 Å². The van der Waals surface area contributed by atoms with Crippen LogP contribution in [0.5, 0.6) is 11.5 Å². The second kappa shape index (κ2) is 6.08. The van der Waals surface area contributed by atoms with Gasteiger partial charge in [-0.1, -0.05) is 0 Å². The van der Waals surface area contributed by atoms with Crippen molar-refractivity contribution in [2.24, 2.45) is 0 Å². The van der Waals surface area contributed by atoms with E-state index in [4.69, 9.17) is 9.47 Å². The summed E-state index contributed by atoms with van der Waals surface area (Å²) in [5.41, 5.74) is 2.16. The van der Waals surface area contributed by atoms with Gasteiger partial charge in [-0.25, -0.2) is 0 Å². The molecule has 0 saturated carbocycles. The van der Waals surface area contributed by atoms with E-state index in [2.05, 4.69) is 6.07 Å². The average Bonchev–Trinajstić information content (AvgIpc) is 2.97. The largest absolute Gasteiger partial charge is 0.497 e. The van der Waals surface area contributed by atoms with Gasteiger partial charge in [0.15, 0.2) is 0 Å². The van der Waals surface area contributed by atoms with Crippen LogP contribution in [0.15, 0.2) is 24.3 Å². The molecule has 1 aromatic carbocycles. The number of benzene rings is 1. The molecule has 21 heavy (non-hydrogen) atoms. The van der Waals surface area contributed by atoms with Crippen LogP contribution in [0.4, 0.5) is 0 Å². The maximum atomic E-state index is 10.7. The van der Waals surface area contributed by atoms with E-state index in [-0.39, 0.29) is 0 Å². The number of methoxy groups -OCH3 is 2. The van der Waals surface area contributed by atoms with Crippen LogP contribution in [0, 0.1) is 0 Å². The number of hydrogen-bond donors (Lipinski definition) is 1. The molecule has 1 atom stereocenters. The molecule has 4 heteroatoms. The quantitative estimate of drug-likeness (QED) is 0.935. The summed E-state index contributed by atoms with van der Waals surface area (Å²) < 4.78 is 10.6. The topological polar surface area (TPSA) is 38.7 Å². The smallest absolute Gasteiger partial charge is 0.125 e. The highest BCUT2D eigenvalue weighted by atomic mass is 32.1. The molecule has 1 unspecified atom stereocenters. The van der Waals surface area contributed by atoms with Gasteiger partial charge in [0.1, 0.15) is 17.6 Å². The first-order valence-corrected chi connectivity index (χ1v) is 8.06. The van der Waals surface area contributed by atoms with Crippen LogP contribution < -0.4 is 9.47 Å². The summed E-state index contributed by atoms with van der Waals surface area (Å²) >= 11 is 1.72. The van der Waals surface area contributed by atoms with E-state index in [1.807, 2.05) is 18.2 Å². The van der Waals surface area contributed by atoms with Crippen molar-refractivity contribution in [2.75, 3.05) is 14.2 Å². The monoisotopic (exact) mass is 304 g/mol. The lowest BCUT2D eigenvalue weighted by atomic mass is 9.98. The molecule has 1 heterocycles. The summed E-state index contributed by atoms with van der Waals surface area (Å²) in [5.74, 6) is 1.42. The maximum absolute atomic E-state index is 10.7. The van der Waals surface area contributed by atoms with Crippen molar-refractivity contribution in [3.8, 4) is 11.5 Å². The van der Waals surface area contributed by atoms with E-state index in [0.29, 0.717) is 5.75 Å². The summed E-state index contributed by atoms with van der Waals surface area (Å²) in [5, 5.41) is 10.7. The van der Waals surface area contributed by atoms with E-state index in [0.717, 1.165) is 29.0 Å². The number of thiophene rings is 1. The minimum atomic E-state index is -0.661. The predicted molar refractivity (Wildman–Crippen MR) is 84.6 cm³/mol. The highest BCUT2D eigenvalue weighted by molar-refractivity contribution is 7.12. The Morgan fingerprint density at radius 3 is 2.62 bits per heavy atom. The standard InChI is InChI=1S/C17H20O3S/c1-19-12-7-8-14(20-2)13(10-12)17(18)16-9-11-5-3-4-6-15(11)21-16/h7-10,17-18H,3-6H2,1-2H3. The van der Waals surface area contributed by atoms with Crippen LogP contribution in [-0.2, 0) is 12.8 Å². The number of hydrogen-bond acceptors (Lipinski definition) is 4. The fourth-order valence-electron chi connectivity index (χ4n) is 2.85. The van der Waals surface area contributed by atoms with Gasteiger partial charge in [-0.3, -0.25) is 0 Å². The van der Waals surface area contributed by atoms with E-state index in [9.17, 15) is 5.11 Å². The van der Waals surface area contributed by atoms with Gasteiger partial charge in [-0.15, -0.1) is 11.3 Å². The van der Waals surface area contributed by atoms with E-state index in [1.165, 1.54) is 23.3 Å². The van der Waals surface area contributed by atoms with Gasteiger partial charge < -0.3 is 14.6 Å². The lowest BCUT2D eigenvalue weighted by Crippen LogP contribution is -2.01. The predicted octanol–water partition coefficient (Wildman–Crippen LogP) is 3.73. The fraction of sp³-hybridized carbons (Fsp3) is 0.412. The van der Waals surface area contributed by atoms with E-state index >= 15 is 0 Å². The Morgan fingerprint density at radius 1 is 1.10 bits per heavy atom. The Bertz CT molecular complexity index is 609. The third-order valence-corrected chi connectivity index (χ3v) is 5.31. The minimum absolute atomic E-state index is 0.661. The fourth-order valence-corrected chi connectivity index (χ4v) is 4.12. The normalized spacial score (nSPS) is 15.4. The van der Waals surface area contributed by atoms with E-state index < -0.39 is 6.10 Å². The zero-order chi connectivity index (χ0) is 14.8. The summed E-state index contributed by atoms with van der Waals surface area (Å²) in [4.78, 5) is 2.42. The molecule has 1 aromatic heterocycles. The lowest BCUT2D eigenvalue weighted by molar-refractivity contribution is 0.217. The second-order valence-electron chi connectivity index (χ2n) is 5.31. The first kappa shape index (κ1) is 14.4. The average molecular weight is 304 g/mol. The number of rotatable bonds is 4. The highest BCUT2D eigenvalue weighted by Gasteiger charge is 2.21. The van der Waals surface area contributed by atoms with Gasteiger partial charge in [0, 0.05) is 15.3 Å². The zero-order valence-corrected chi connectivity index (χ0v) is 13.2. The van der Waals surface area contributed by atoms with Crippen LogP contribution in [-0.4, -0.2) is 19.3 Å². The summed E-state index contributed by atoms with van der Waals surface area (Å²) in [6, 6.07) is 7.68. The molecule has 3 rings (SSSR count). The van der Waals surface area contributed by atoms with Crippen LogP contribution in [0.2, 0.25) is 0 Å². The molecular formula is C17H20O3S. The van der Waals surface area contributed by atoms with Crippen molar-refractivity contribution < 1.29 is 14.6 Å².